The molecule has 2 aromatic carbocycles. The lowest BCUT2D eigenvalue weighted by molar-refractivity contribution is -0.397. The fraction of sp³-hybridized carbons (Fsp3) is 0.407. The fourth-order valence-electron chi connectivity index (χ4n) is 4.78. The summed E-state index contributed by atoms with van der Waals surface area (Å²) in [6.45, 7) is -1.86. The molecule has 0 aliphatic carbocycles. The van der Waals surface area contributed by atoms with E-state index in [0.717, 1.165) is 9.47 Å². The van der Waals surface area contributed by atoms with Crippen molar-refractivity contribution in [2.75, 3.05) is 44.4 Å². The largest absolute Gasteiger partial charge is 0.495 e. The molecule has 234 valence electrons. The molecule has 11 nitrogen and oxygen atoms in total. The number of halogens is 4. The van der Waals surface area contributed by atoms with Gasteiger partial charge in [-0.15, -0.1) is 0 Å². The fourth-order valence-corrected chi connectivity index (χ4v) is 5.53. The van der Waals surface area contributed by atoms with Gasteiger partial charge in [0.1, 0.15) is 18.5 Å². The molecule has 16 heteroatoms. The van der Waals surface area contributed by atoms with Gasteiger partial charge in [-0.05, 0) is 49.7 Å². The zero-order valence-corrected chi connectivity index (χ0v) is 23.9. The van der Waals surface area contributed by atoms with Crippen molar-refractivity contribution >= 4 is 32.3 Å². The molecule has 1 aliphatic heterocycles. The highest BCUT2D eigenvalue weighted by molar-refractivity contribution is 7.89. The standard InChI is InChI=1S/C27H31F4N5O6S/c1-32-43(40,41)18-8-9-23(25(14-18)42-2)33-11-4-5-17-13-19-21(6-3-7-24(19)36(17)16-26(29,30)31)34-22-10-12-35(15-20(22)28)27(37,38)39/h3,6-9,13-14,20,22,32-34,37-39H,10-12,15-16H2,1-2H3. The van der Waals surface area contributed by atoms with Gasteiger partial charge in [0.25, 0.3) is 0 Å². The number of likely N-dealkylation sites (tertiary alicyclic amines) is 1. The van der Waals surface area contributed by atoms with Gasteiger partial charge in [0.2, 0.25) is 10.0 Å². The molecule has 1 aliphatic rings. The number of alkyl halides is 4. The van der Waals surface area contributed by atoms with Crippen molar-refractivity contribution in [1.29, 1.82) is 0 Å². The number of benzene rings is 2. The van der Waals surface area contributed by atoms with Crippen LogP contribution in [0, 0.1) is 11.8 Å². The summed E-state index contributed by atoms with van der Waals surface area (Å²) in [7, 11) is -1.07. The molecule has 0 bridgehead atoms. The second-order valence-corrected chi connectivity index (χ2v) is 11.7. The van der Waals surface area contributed by atoms with E-state index in [4.69, 9.17) is 4.74 Å². The summed E-state index contributed by atoms with van der Waals surface area (Å²) in [5, 5.41) is 34.4. The number of anilines is 2. The van der Waals surface area contributed by atoms with E-state index in [0.29, 0.717) is 16.8 Å². The van der Waals surface area contributed by atoms with Crippen LogP contribution in [0.4, 0.5) is 28.9 Å². The van der Waals surface area contributed by atoms with Crippen LogP contribution < -0.4 is 20.1 Å². The van der Waals surface area contributed by atoms with E-state index < -0.39 is 47.6 Å². The van der Waals surface area contributed by atoms with Crippen LogP contribution in [0.2, 0.25) is 0 Å². The van der Waals surface area contributed by atoms with Gasteiger partial charge in [-0.1, -0.05) is 12.0 Å². The minimum absolute atomic E-state index is 0.0162. The first-order valence-electron chi connectivity index (χ1n) is 13.0. The Morgan fingerprint density at radius 2 is 1.86 bits per heavy atom. The van der Waals surface area contributed by atoms with Gasteiger partial charge in [0.15, 0.2) is 0 Å². The van der Waals surface area contributed by atoms with Crippen LogP contribution in [0.25, 0.3) is 10.9 Å². The lowest BCUT2D eigenvalue weighted by Crippen LogP contribution is -2.57. The summed E-state index contributed by atoms with van der Waals surface area (Å²) in [5.74, 6) is 5.75. The number of nitrogens with zero attached hydrogens (tertiary/aromatic N) is 2. The Hall–Kier alpha value is -3.59. The summed E-state index contributed by atoms with van der Waals surface area (Å²) in [4.78, 5) is 0.740. The summed E-state index contributed by atoms with van der Waals surface area (Å²) in [6, 6.07) is 9.44. The van der Waals surface area contributed by atoms with E-state index in [-0.39, 0.29) is 41.4 Å². The molecule has 2 atom stereocenters. The summed E-state index contributed by atoms with van der Waals surface area (Å²) in [6.07, 6.45) is -9.26. The van der Waals surface area contributed by atoms with E-state index in [1.807, 2.05) is 0 Å². The molecule has 0 spiro atoms. The number of nitrogens with one attached hydrogen (secondary N) is 3. The molecular formula is C27H31F4N5O6S. The number of aliphatic hydroxyl groups is 3. The SMILES string of the molecule is CNS(=O)(=O)c1ccc(NCC#Cc2cc3c(NC4CCN(C(O)(O)O)CC4F)cccc3n2CC(F)(F)F)c(OC)c1. The van der Waals surface area contributed by atoms with Gasteiger partial charge in [-0.3, -0.25) is 0 Å². The molecule has 1 aromatic heterocycles. The van der Waals surface area contributed by atoms with E-state index in [1.165, 1.54) is 50.6 Å². The Labute approximate surface area is 245 Å². The Morgan fingerprint density at radius 1 is 1.12 bits per heavy atom. The van der Waals surface area contributed by atoms with Crippen LogP contribution in [0.3, 0.4) is 0 Å². The second kappa shape index (κ2) is 12.6. The number of sulfonamides is 1. The number of ether oxygens (including phenoxy) is 1. The number of hydrogen-bond donors (Lipinski definition) is 6. The normalized spacial score (nSPS) is 18.3. The highest BCUT2D eigenvalue weighted by atomic mass is 32.2. The first kappa shape index (κ1) is 32.3. The van der Waals surface area contributed by atoms with Crippen LogP contribution in [0.5, 0.6) is 5.75 Å². The van der Waals surface area contributed by atoms with Gasteiger partial charge in [-0.25, -0.2) is 22.4 Å². The first-order chi connectivity index (χ1) is 20.1. The summed E-state index contributed by atoms with van der Waals surface area (Å²) >= 11 is 0. The summed E-state index contributed by atoms with van der Waals surface area (Å²) < 4.78 is 88.1. The third kappa shape index (κ3) is 7.68. The maximum Gasteiger partial charge on any atom is 0.406 e. The van der Waals surface area contributed by atoms with Crippen LogP contribution in [-0.2, 0) is 16.6 Å². The zero-order valence-electron chi connectivity index (χ0n) is 23.1. The number of aromatic nitrogens is 1. The highest BCUT2D eigenvalue weighted by Crippen LogP contribution is 2.32. The van der Waals surface area contributed by atoms with Gasteiger partial charge < -0.3 is 35.3 Å². The van der Waals surface area contributed by atoms with Crippen molar-refractivity contribution in [3.05, 3.63) is 48.2 Å². The molecule has 1 saturated heterocycles. The van der Waals surface area contributed by atoms with Crippen molar-refractivity contribution in [1.82, 2.24) is 14.2 Å². The van der Waals surface area contributed by atoms with Crippen LogP contribution >= 0.6 is 0 Å². The number of fused-ring (bicyclic) bond motifs is 1. The molecule has 43 heavy (non-hydrogen) atoms. The van der Waals surface area contributed by atoms with Crippen LogP contribution in [0.15, 0.2) is 47.4 Å². The highest BCUT2D eigenvalue weighted by Gasteiger charge is 2.38. The Morgan fingerprint density at radius 3 is 2.49 bits per heavy atom. The molecule has 0 radical (unpaired) electrons. The average Bonchev–Trinajstić information content (AvgIpc) is 3.28. The molecule has 2 unspecified atom stereocenters. The molecule has 3 aromatic rings. The van der Waals surface area contributed by atoms with Gasteiger partial charge in [0.05, 0.1) is 41.5 Å². The number of piperidine rings is 1. The predicted octanol–water partition coefficient (Wildman–Crippen LogP) is 2.00. The molecular weight excluding hydrogens is 598 g/mol. The number of rotatable bonds is 9. The molecule has 6 N–H and O–H groups in total. The minimum Gasteiger partial charge on any atom is -0.495 e. The van der Waals surface area contributed by atoms with Gasteiger partial charge in [0, 0.05) is 30.2 Å². The van der Waals surface area contributed by atoms with Crippen molar-refractivity contribution in [3.63, 3.8) is 0 Å². The minimum atomic E-state index is -4.56. The Bertz CT molecular complexity index is 1630. The maximum atomic E-state index is 14.9. The quantitative estimate of drug-likeness (QED) is 0.119. The van der Waals surface area contributed by atoms with Crippen LogP contribution in [-0.4, -0.2) is 91.5 Å². The van der Waals surface area contributed by atoms with Crippen LogP contribution in [0.1, 0.15) is 12.1 Å². The van der Waals surface area contributed by atoms with Crippen molar-refractivity contribution in [3.8, 4) is 17.6 Å². The molecule has 0 amide bonds. The molecule has 1 fully saturated rings. The first-order valence-corrected chi connectivity index (χ1v) is 14.5. The summed E-state index contributed by atoms with van der Waals surface area (Å²) in [5.41, 5.74) is 1.06. The topological polar surface area (TPSA) is 148 Å². The smallest absolute Gasteiger partial charge is 0.406 e. The van der Waals surface area contributed by atoms with Gasteiger partial charge >= 0.3 is 12.3 Å². The monoisotopic (exact) mass is 629 g/mol. The average molecular weight is 630 g/mol. The van der Waals surface area contributed by atoms with E-state index in [1.54, 1.807) is 6.07 Å². The third-order valence-electron chi connectivity index (χ3n) is 6.93. The lowest BCUT2D eigenvalue weighted by Gasteiger charge is -2.38. The second-order valence-electron chi connectivity index (χ2n) is 9.80. The Balaban J connectivity index is 1.58. The van der Waals surface area contributed by atoms with E-state index >= 15 is 0 Å². The maximum absolute atomic E-state index is 14.9. The van der Waals surface area contributed by atoms with Crippen molar-refractivity contribution < 1.29 is 46.0 Å². The molecule has 0 saturated carbocycles. The Kier molecular flexibility index (Phi) is 9.45. The number of methoxy groups -OCH3 is 1. The molecule has 4 rings (SSSR count). The lowest BCUT2D eigenvalue weighted by atomic mass is 10.0. The zero-order chi connectivity index (χ0) is 31.6. The van der Waals surface area contributed by atoms with E-state index in [2.05, 4.69) is 27.2 Å². The third-order valence-corrected chi connectivity index (χ3v) is 8.34. The number of hydrogen-bond acceptors (Lipinski definition) is 9. The van der Waals surface area contributed by atoms with Crippen molar-refractivity contribution in [2.45, 2.75) is 42.3 Å². The molecule has 2 heterocycles. The van der Waals surface area contributed by atoms with Gasteiger partial charge in [-0.2, -0.15) is 13.2 Å². The predicted molar refractivity (Wildman–Crippen MR) is 150 cm³/mol. The van der Waals surface area contributed by atoms with E-state index in [9.17, 15) is 41.3 Å². The van der Waals surface area contributed by atoms with Crippen molar-refractivity contribution in [2.24, 2.45) is 0 Å².